The number of carbonyl (C=O) groups is 1. The first-order chi connectivity index (χ1) is 8.32. The van der Waals surface area contributed by atoms with Gasteiger partial charge in [0.15, 0.2) is 5.92 Å². The molecule has 0 fully saturated rings. The van der Waals surface area contributed by atoms with Crippen LogP contribution in [-0.4, -0.2) is 17.8 Å². The van der Waals surface area contributed by atoms with E-state index in [2.05, 4.69) is 10.5 Å². The topological polar surface area (TPSA) is 67.5 Å². The minimum Gasteiger partial charge on any atom is -0.369 e. The van der Waals surface area contributed by atoms with Gasteiger partial charge in [-0.1, -0.05) is 18.2 Å². The Bertz CT molecular complexity index is 443. The summed E-state index contributed by atoms with van der Waals surface area (Å²) in [6.07, 6.45) is -4.74. The van der Waals surface area contributed by atoms with Crippen molar-refractivity contribution in [2.24, 2.45) is 16.8 Å². The number of benzene rings is 1. The summed E-state index contributed by atoms with van der Waals surface area (Å²) in [4.78, 5) is 10.8. The molecule has 0 aliphatic carbocycles. The molecule has 0 spiro atoms. The van der Waals surface area contributed by atoms with Crippen LogP contribution < -0.4 is 11.2 Å². The third-order valence-electron chi connectivity index (χ3n) is 2.16. The maximum atomic E-state index is 12.5. The van der Waals surface area contributed by atoms with Gasteiger partial charge >= 0.3 is 6.18 Å². The third-order valence-corrected chi connectivity index (χ3v) is 2.16. The van der Waals surface area contributed by atoms with Gasteiger partial charge in [0, 0.05) is 0 Å². The van der Waals surface area contributed by atoms with Gasteiger partial charge in [0.2, 0.25) is 5.91 Å². The molecule has 0 saturated heterocycles. The van der Waals surface area contributed by atoms with E-state index < -0.39 is 23.7 Å². The highest BCUT2D eigenvalue weighted by atomic mass is 19.4. The monoisotopic (exact) mass is 259 g/mol. The zero-order valence-corrected chi connectivity index (χ0v) is 9.53. The number of hydrogen-bond acceptors (Lipinski definition) is 3. The normalized spacial score (nSPS) is 14.1. The lowest BCUT2D eigenvalue weighted by atomic mass is 10.0. The maximum absolute atomic E-state index is 12.5. The minimum absolute atomic E-state index is 0.432. The molecule has 0 aliphatic rings. The molecule has 1 atom stereocenters. The van der Waals surface area contributed by atoms with E-state index in [1.54, 1.807) is 30.3 Å². The number of amides is 1. The van der Waals surface area contributed by atoms with Crippen molar-refractivity contribution in [2.75, 3.05) is 5.43 Å². The van der Waals surface area contributed by atoms with Crippen molar-refractivity contribution >= 4 is 17.3 Å². The molecule has 98 valence electrons. The summed E-state index contributed by atoms with van der Waals surface area (Å²) >= 11 is 0. The highest BCUT2D eigenvalue weighted by Crippen LogP contribution is 2.27. The van der Waals surface area contributed by atoms with Gasteiger partial charge < -0.3 is 5.73 Å². The highest BCUT2D eigenvalue weighted by Gasteiger charge is 2.45. The van der Waals surface area contributed by atoms with Crippen LogP contribution in [0.15, 0.2) is 35.4 Å². The van der Waals surface area contributed by atoms with Crippen molar-refractivity contribution in [1.82, 2.24) is 0 Å². The molecule has 1 amide bonds. The highest BCUT2D eigenvalue weighted by molar-refractivity contribution is 6.03. The van der Waals surface area contributed by atoms with Gasteiger partial charge in [-0.15, -0.1) is 0 Å². The zero-order valence-electron chi connectivity index (χ0n) is 9.53. The number of hydrazone groups is 1. The fraction of sp³-hybridized carbons (Fsp3) is 0.273. The first-order valence-corrected chi connectivity index (χ1v) is 5.03. The quantitative estimate of drug-likeness (QED) is 0.642. The predicted molar refractivity (Wildman–Crippen MR) is 61.9 cm³/mol. The van der Waals surface area contributed by atoms with Crippen LogP contribution in [0.2, 0.25) is 0 Å². The Balaban J connectivity index is 2.84. The van der Waals surface area contributed by atoms with Gasteiger partial charge in [-0.3, -0.25) is 10.2 Å². The molecule has 18 heavy (non-hydrogen) atoms. The van der Waals surface area contributed by atoms with Crippen molar-refractivity contribution in [1.29, 1.82) is 0 Å². The Hall–Kier alpha value is -2.05. The first-order valence-electron chi connectivity index (χ1n) is 5.03. The van der Waals surface area contributed by atoms with E-state index in [1.165, 1.54) is 0 Å². The number of alkyl halides is 3. The lowest BCUT2D eigenvalue weighted by molar-refractivity contribution is -0.166. The third kappa shape index (κ3) is 3.76. The molecule has 0 bridgehead atoms. The minimum atomic E-state index is -4.74. The standard InChI is InChI=1S/C11H12F3N3O/c1-7(9(10(15)18)11(12,13)14)16-17-8-5-3-2-4-6-8/h2-6,9,17H,1H3,(H2,15,18). The lowest BCUT2D eigenvalue weighted by Crippen LogP contribution is -2.40. The van der Waals surface area contributed by atoms with Gasteiger partial charge in [-0.05, 0) is 19.1 Å². The Morgan fingerprint density at radius 1 is 1.33 bits per heavy atom. The van der Waals surface area contributed by atoms with Gasteiger partial charge in [0.05, 0.1) is 11.4 Å². The largest absolute Gasteiger partial charge is 0.405 e. The molecule has 3 N–H and O–H groups in total. The van der Waals surface area contributed by atoms with Crippen LogP contribution in [0.1, 0.15) is 6.92 Å². The van der Waals surface area contributed by atoms with Crippen LogP contribution in [0.3, 0.4) is 0 Å². The summed E-state index contributed by atoms with van der Waals surface area (Å²) in [5, 5.41) is 3.53. The molecule has 0 aromatic heterocycles. The first kappa shape index (κ1) is 14.0. The van der Waals surface area contributed by atoms with Crippen LogP contribution in [0, 0.1) is 5.92 Å². The Labute approximate surface area is 102 Å². The molecule has 0 aliphatic heterocycles. The summed E-state index contributed by atoms with van der Waals surface area (Å²) in [5.41, 5.74) is 7.24. The van der Waals surface area contributed by atoms with Crippen molar-refractivity contribution in [2.45, 2.75) is 13.1 Å². The molecular weight excluding hydrogens is 247 g/mol. The van der Waals surface area contributed by atoms with Gasteiger partial charge in [-0.2, -0.15) is 18.3 Å². The second-order valence-corrected chi connectivity index (χ2v) is 3.61. The Kier molecular flexibility index (Phi) is 4.30. The number of anilines is 1. The summed E-state index contributed by atoms with van der Waals surface area (Å²) in [7, 11) is 0. The van der Waals surface area contributed by atoms with Crippen LogP contribution in [0.5, 0.6) is 0 Å². The van der Waals surface area contributed by atoms with E-state index in [9.17, 15) is 18.0 Å². The lowest BCUT2D eigenvalue weighted by Gasteiger charge is -2.16. The van der Waals surface area contributed by atoms with Gasteiger partial charge in [-0.25, -0.2) is 0 Å². The number of hydrogen-bond donors (Lipinski definition) is 2. The summed E-state index contributed by atoms with van der Waals surface area (Å²) in [6, 6.07) is 8.40. The van der Waals surface area contributed by atoms with Gasteiger partial charge in [0.25, 0.3) is 0 Å². The molecular formula is C11H12F3N3O. The molecule has 1 aromatic rings. The van der Waals surface area contributed by atoms with Crippen LogP contribution in [0.4, 0.5) is 18.9 Å². The van der Waals surface area contributed by atoms with Crippen molar-refractivity contribution < 1.29 is 18.0 Å². The van der Waals surface area contributed by atoms with E-state index in [1.807, 2.05) is 0 Å². The number of nitrogens with two attached hydrogens (primary N) is 1. The van der Waals surface area contributed by atoms with Gasteiger partial charge in [0.1, 0.15) is 0 Å². The van der Waals surface area contributed by atoms with Crippen molar-refractivity contribution in [3.63, 3.8) is 0 Å². The molecule has 0 saturated carbocycles. The van der Waals surface area contributed by atoms with E-state index in [4.69, 9.17) is 5.73 Å². The molecule has 7 heteroatoms. The van der Waals surface area contributed by atoms with E-state index >= 15 is 0 Å². The second-order valence-electron chi connectivity index (χ2n) is 3.61. The molecule has 1 aromatic carbocycles. The molecule has 4 nitrogen and oxygen atoms in total. The number of primary amides is 1. The number of halogens is 3. The SMILES string of the molecule is CC(=NNc1ccccc1)C(C(N)=O)C(F)(F)F. The van der Waals surface area contributed by atoms with E-state index in [0.29, 0.717) is 5.69 Å². The van der Waals surface area contributed by atoms with E-state index in [-0.39, 0.29) is 0 Å². The van der Waals surface area contributed by atoms with Crippen LogP contribution in [0.25, 0.3) is 0 Å². The van der Waals surface area contributed by atoms with Crippen molar-refractivity contribution in [3.8, 4) is 0 Å². The van der Waals surface area contributed by atoms with Crippen molar-refractivity contribution in [3.05, 3.63) is 30.3 Å². The fourth-order valence-electron chi connectivity index (χ4n) is 1.33. The molecule has 1 rings (SSSR count). The van der Waals surface area contributed by atoms with E-state index in [0.717, 1.165) is 6.92 Å². The number of carbonyl (C=O) groups excluding carboxylic acids is 1. The van der Waals surface area contributed by atoms with Crippen LogP contribution >= 0.6 is 0 Å². The van der Waals surface area contributed by atoms with Crippen LogP contribution in [-0.2, 0) is 4.79 Å². The summed E-state index contributed by atoms with van der Waals surface area (Å²) in [6.45, 7) is 1.10. The number of para-hydroxylation sites is 1. The Morgan fingerprint density at radius 2 is 1.89 bits per heavy atom. The summed E-state index contributed by atoms with van der Waals surface area (Å²) < 4.78 is 37.6. The fourth-order valence-corrected chi connectivity index (χ4v) is 1.33. The zero-order chi connectivity index (χ0) is 13.8. The number of rotatable bonds is 4. The maximum Gasteiger partial charge on any atom is 0.405 e. The molecule has 1 unspecified atom stereocenters. The molecule has 0 radical (unpaired) electrons. The number of nitrogens with one attached hydrogen (secondary N) is 1. The Morgan fingerprint density at radius 3 is 2.33 bits per heavy atom. The number of nitrogens with zero attached hydrogens (tertiary/aromatic N) is 1. The summed E-state index contributed by atoms with van der Waals surface area (Å²) in [5.74, 6) is -3.85. The smallest absolute Gasteiger partial charge is 0.369 e. The second kappa shape index (κ2) is 5.52. The average Bonchev–Trinajstić information content (AvgIpc) is 2.25. The molecule has 0 heterocycles. The predicted octanol–water partition coefficient (Wildman–Crippen LogP) is 2.14. The average molecular weight is 259 g/mol.